The SMILES string of the molecule is O=C1CS/C(=N/N=C2CCCCCC2)N1C(=O)c1ccccc1. The number of imide groups is 1. The number of benzene rings is 1. The average Bonchev–Trinajstić information content (AvgIpc) is 2.78. The summed E-state index contributed by atoms with van der Waals surface area (Å²) in [5, 5.41) is 8.93. The van der Waals surface area contributed by atoms with E-state index in [4.69, 9.17) is 0 Å². The third-order valence-electron chi connectivity index (χ3n) is 3.95. The lowest BCUT2D eigenvalue weighted by molar-refractivity contribution is -0.122. The van der Waals surface area contributed by atoms with Crippen molar-refractivity contribution in [2.24, 2.45) is 10.2 Å². The Hall–Kier alpha value is -1.95. The van der Waals surface area contributed by atoms with E-state index in [1.807, 2.05) is 6.07 Å². The van der Waals surface area contributed by atoms with E-state index < -0.39 is 0 Å². The molecule has 1 aromatic rings. The highest BCUT2D eigenvalue weighted by molar-refractivity contribution is 8.15. The molecule has 0 N–H and O–H groups in total. The van der Waals surface area contributed by atoms with Crippen LogP contribution >= 0.6 is 11.8 Å². The first kappa shape index (κ1) is 15.9. The van der Waals surface area contributed by atoms with Crippen LogP contribution in [0.25, 0.3) is 0 Å². The van der Waals surface area contributed by atoms with Crippen LogP contribution in [0.15, 0.2) is 40.5 Å². The van der Waals surface area contributed by atoms with Crippen molar-refractivity contribution in [2.75, 3.05) is 5.75 Å². The van der Waals surface area contributed by atoms with E-state index in [1.54, 1.807) is 24.3 Å². The van der Waals surface area contributed by atoms with E-state index in [2.05, 4.69) is 10.2 Å². The summed E-state index contributed by atoms with van der Waals surface area (Å²) >= 11 is 1.27. The van der Waals surface area contributed by atoms with E-state index in [0.29, 0.717) is 10.7 Å². The van der Waals surface area contributed by atoms with E-state index in [-0.39, 0.29) is 17.6 Å². The summed E-state index contributed by atoms with van der Waals surface area (Å²) < 4.78 is 0. The number of hydrogen-bond acceptors (Lipinski definition) is 5. The zero-order valence-corrected chi connectivity index (χ0v) is 13.7. The van der Waals surface area contributed by atoms with Gasteiger partial charge in [0.2, 0.25) is 5.91 Å². The standard InChI is InChI=1S/C17H19N3O2S/c21-15-12-23-17(19-18-14-10-6-1-2-7-11-14)20(15)16(22)13-8-4-3-5-9-13/h3-5,8-9H,1-2,6-7,10-12H2/b19-17+. The highest BCUT2D eigenvalue weighted by Crippen LogP contribution is 2.23. The number of amides is 2. The summed E-state index contributed by atoms with van der Waals surface area (Å²) in [6.45, 7) is 0. The summed E-state index contributed by atoms with van der Waals surface area (Å²) in [7, 11) is 0. The Morgan fingerprint density at radius 3 is 2.39 bits per heavy atom. The maximum absolute atomic E-state index is 12.5. The van der Waals surface area contributed by atoms with Crippen molar-refractivity contribution in [2.45, 2.75) is 38.5 Å². The van der Waals surface area contributed by atoms with Gasteiger partial charge in [0.05, 0.1) is 5.75 Å². The lowest BCUT2D eigenvalue weighted by Gasteiger charge is -2.13. The van der Waals surface area contributed by atoms with Crippen LogP contribution < -0.4 is 0 Å². The molecule has 1 heterocycles. The molecule has 0 aromatic heterocycles. The van der Waals surface area contributed by atoms with Gasteiger partial charge in [0.25, 0.3) is 5.91 Å². The Morgan fingerprint density at radius 2 is 1.70 bits per heavy atom. The van der Waals surface area contributed by atoms with Gasteiger partial charge in [-0.25, -0.2) is 4.90 Å². The topological polar surface area (TPSA) is 62.1 Å². The van der Waals surface area contributed by atoms with Crippen molar-refractivity contribution < 1.29 is 9.59 Å². The van der Waals surface area contributed by atoms with Crippen LogP contribution in [0.2, 0.25) is 0 Å². The zero-order chi connectivity index (χ0) is 16.1. The molecular weight excluding hydrogens is 310 g/mol. The lowest BCUT2D eigenvalue weighted by Crippen LogP contribution is -2.35. The normalized spacial score (nSPS) is 20.7. The fraction of sp³-hybridized carbons (Fsp3) is 0.412. The van der Waals surface area contributed by atoms with Crippen molar-refractivity contribution in [3.8, 4) is 0 Å². The van der Waals surface area contributed by atoms with Gasteiger partial charge in [-0.2, -0.15) is 5.10 Å². The summed E-state index contributed by atoms with van der Waals surface area (Å²) in [6, 6.07) is 8.80. The Labute approximate surface area is 139 Å². The molecule has 1 aromatic carbocycles. The van der Waals surface area contributed by atoms with Crippen LogP contribution in [0.4, 0.5) is 0 Å². The lowest BCUT2D eigenvalue weighted by atomic mass is 10.2. The molecule has 2 aliphatic rings. The first-order chi connectivity index (χ1) is 11.3. The summed E-state index contributed by atoms with van der Waals surface area (Å²) in [5.41, 5.74) is 1.56. The molecule has 5 nitrogen and oxygen atoms in total. The minimum atomic E-state index is -0.333. The molecule has 23 heavy (non-hydrogen) atoms. The van der Waals surface area contributed by atoms with Gasteiger partial charge in [-0.05, 0) is 37.8 Å². The molecular formula is C17H19N3O2S. The van der Waals surface area contributed by atoms with Gasteiger partial charge in [-0.3, -0.25) is 9.59 Å². The van der Waals surface area contributed by atoms with Crippen molar-refractivity contribution in [1.82, 2.24) is 4.90 Å². The maximum Gasteiger partial charge on any atom is 0.266 e. The first-order valence-corrected chi connectivity index (χ1v) is 8.93. The van der Waals surface area contributed by atoms with Crippen molar-refractivity contribution in [3.05, 3.63) is 35.9 Å². The quantitative estimate of drug-likeness (QED) is 0.474. The van der Waals surface area contributed by atoms with Crippen molar-refractivity contribution >= 4 is 34.5 Å². The third-order valence-corrected chi connectivity index (χ3v) is 4.86. The highest BCUT2D eigenvalue weighted by atomic mass is 32.2. The number of amidine groups is 1. The fourth-order valence-corrected chi connectivity index (χ4v) is 3.49. The van der Waals surface area contributed by atoms with Gasteiger partial charge in [0.1, 0.15) is 0 Å². The van der Waals surface area contributed by atoms with Gasteiger partial charge in [0.15, 0.2) is 5.17 Å². The molecule has 0 unspecified atom stereocenters. The molecule has 0 radical (unpaired) electrons. The molecule has 2 fully saturated rings. The number of thioether (sulfide) groups is 1. The van der Waals surface area contributed by atoms with Gasteiger partial charge in [-0.1, -0.05) is 42.8 Å². The molecule has 1 aliphatic carbocycles. The van der Waals surface area contributed by atoms with Gasteiger partial charge >= 0.3 is 0 Å². The summed E-state index contributed by atoms with van der Waals surface area (Å²) in [4.78, 5) is 25.8. The number of carbonyl (C=O) groups is 2. The van der Waals surface area contributed by atoms with Crippen LogP contribution in [0, 0.1) is 0 Å². The smallest absolute Gasteiger partial charge is 0.266 e. The maximum atomic E-state index is 12.5. The largest absolute Gasteiger partial charge is 0.273 e. The average molecular weight is 329 g/mol. The van der Waals surface area contributed by atoms with Crippen LogP contribution in [0.1, 0.15) is 48.9 Å². The minimum absolute atomic E-state index is 0.233. The van der Waals surface area contributed by atoms with Crippen LogP contribution in [0.5, 0.6) is 0 Å². The van der Waals surface area contributed by atoms with Gasteiger partial charge < -0.3 is 0 Å². The van der Waals surface area contributed by atoms with Crippen molar-refractivity contribution in [3.63, 3.8) is 0 Å². The predicted molar refractivity (Wildman–Crippen MR) is 92.6 cm³/mol. The molecule has 0 spiro atoms. The molecule has 0 bridgehead atoms. The Morgan fingerprint density at radius 1 is 1.00 bits per heavy atom. The van der Waals surface area contributed by atoms with Crippen LogP contribution in [0.3, 0.4) is 0 Å². The molecule has 6 heteroatoms. The Kier molecular flexibility index (Phi) is 5.23. The molecule has 1 saturated carbocycles. The van der Waals surface area contributed by atoms with E-state index in [0.717, 1.165) is 36.3 Å². The van der Waals surface area contributed by atoms with Gasteiger partial charge in [0, 0.05) is 11.3 Å². The monoisotopic (exact) mass is 329 g/mol. The third kappa shape index (κ3) is 3.88. The second-order valence-corrected chi connectivity index (χ2v) is 6.59. The first-order valence-electron chi connectivity index (χ1n) is 7.94. The molecule has 120 valence electrons. The zero-order valence-electron chi connectivity index (χ0n) is 12.9. The minimum Gasteiger partial charge on any atom is -0.273 e. The Balaban J connectivity index is 1.80. The number of nitrogens with zero attached hydrogens (tertiary/aromatic N) is 3. The van der Waals surface area contributed by atoms with Crippen LogP contribution in [-0.2, 0) is 4.79 Å². The van der Waals surface area contributed by atoms with Gasteiger partial charge in [-0.15, -0.1) is 5.10 Å². The van der Waals surface area contributed by atoms with Crippen molar-refractivity contribution in [1.29, 1.82) is 0 Å². The molecule has 1 saturated heterocycles. The molecule has 2 amide bonds. The number of carbonyl (C=O) groups excluding carboxylic acids is 2. The molecule has 3 rings (SSSR count). The van der Waals surface area contributed by atoms with E-state index in [9.17, 15) is 9.59 Å². The second-order valence-electron chi connectivity index (χ2n) is 5.65. The molecule has 0 atom stereocenters. The predicted octanol–water partition coefficient (Wildman–Crippen LogP) is 3.47. The highest BCUT2D eigenvalue weighted by Gasteiger charge is 2.34. The van der Waals surface area contributed by atoms with E-state index >= 15 is 0 Å². The second kappa shape index (κ2) is 7.55. The fourth-order valence-electron chi connectivity index (χ4n) is 2.70. The number of rotatable bonds is 2. The van der Waals surface area contributed by atoms with Crippen LogP contribution in [-0.4, -0.2) is 33.3 Å². The summed E-state index contributed by atoms with van der Waals surface area (Å²) in [6.07, 6.45) is 6.68. The summed E-state index contributed by atoms with van der Waals surface area (Å²) in [5.74, 6) is -0.327. The number of hydrogen-bond donors (Lipinski definition) is 0. The van der Waals surface area contributed by atoms with E-state index in [1.165, 1.54) is 24.6 Å². The molecule has 1 aliphatic heterocycles. The Bertz CT molecular complexity index is 645.